The van der Waals surface area contributed by atoms with E-state index < -0.39 is 0 Å². The Morgan fingerprint density at radius 2 is 1.63 bits per heavy atom. The second kappa shape index (κ2) is 6.94. The minimum Gasteiger partial charge on any atom is -0.455 e. The Hall–Kier alpha value is -3.20. The van der Waals surface area contributed by atoms with Gasteiger partial charge in [0.1, 0.15) is 17.0 Å². The highest BCUT2D eigenvalue weighted by Crippen LogP contribution is 2.40. The third-order valence-electron chi connectivity index (χ3n) is 5.93. The van der Waals surface area contributed by atoms with Crippen molar-refractivity contribution in [2.24, 2.45) is 0 Å². The SMILES string of the molecule is CC(C)c1cc(-c2nccc3cc(C(C)C)c(F)cc23)c2oc3ccccc3c2c1. The quantitative estimate of drug-likeness (QED) is 0.307. The number of nitrogens with zero attached hydrogens (tertiary/aromatic N) is 1. The molecule has 0 spiro atoms. The summed E-state index contributed by atoms with van der Waals surface area (Å²) in [6, 6.07) is 18.0. The number of hydrogen-bond donors (Lipinski definition) is 0. The van der Waals surface area contributed by atoms with Crippen molar-refractivity contribution >= 4 is 32.7 Å². The number of fused-ring (bicyclic) bond motifs is 4. The van der Waals surface area contributed by atoms with Crippen LogP contribution in [0.1, 0.15) is 50.7 Å². The van der Waals surface area contributed by atoms with Crippen molar-refractivity contribution in [3.05, 3.63) is 77.7 Å². The van der Waals surface area contributed by atoms with E-state index in [1.807, 2.05) is 44.2 Å². The van der Waals surface area contributed by atoms with Crippen LogP contribution < -0.4 is 0 Å². The van der Waals surface area contributed by atoms with E-state index in [9.17, 15) is 4.39 Å². The summed E-state index contributed by atoms with van der Waals surface area (Å²) in [5.41, 5.74) is 5.26. The number of aromatic nitrogens is 1. The van der Waals surface area contributed by atoms with Crippen molar-refractivity contribution in [1.82, 2.24) is 4.98 Å². The van der Waals surface area contributed by atoms with Gasteiger partial charge in [-0.1, -0.05) is 45.9 Å². The lowest BCUT2D eigenvalue weighted by molar-refractivity contribution is 0.600. The summed E-state index contributed by atoms with van der Waals surface area (Å²) in [4.78, 5) is 4.69. The predicted octanol–water partition coefficient (Wildman–Crippen LogP) is 8.19. The standard InChI is InChI=1S/C27H24FNO/c1-15(2)18-12-22-19-7-5-6-8-25(19)30-27(22)23(13-18)26-21-14-24(28)20(16(3)4)11-17(21)9-10-29-26/h5-16H,1-4H3. The van der Waals surface area contributed by atoms with E-state index in [0.29, 0.717) is 5.92 Å². The van der Waals surface area contributed by atoms with Gasteiger partial charge in [-0.2, -0.15) is 0 Å². The zero-order valence-corrected chi connectivity index (χ0v) is 17.7. The van der Waals surface area contributed by atoms with E-state index in [4.69, 9.17) is 4.42 Å². The average molecular weight is 397 g/mol. The molecule has 2 aromatic heterocycles. The van der Waals surface area contributed by atoms with Gasteiger partial charge in [0.15, 0.2) is 0 Å². The highest BCUT2D eigenvalue weighted by atomic mass is 19.1. The number of furan rings is 1. The molecule has 3 aromatic carbocycles. The largest absolute Gasteiger partial charge is 0.455 e. The summed E-state index contributed by atoms with van der Waals surface area (Å²) < 4.78 is 21.2. The van der Waals surface area contributed by atoms with E-state index in [-0.39, 0.29) is 11.7 Å². The average Bonchev–Trinajstić information content (AvgIpc) is 3.11. The molecule has 2 heterocycles. The lowest BCUT2D eigenvalue weighted by Crippen LogP contribution is -1.96. The predicted molar refractivity (Wildman–Crippen MR) is 123 cm³/mol. The van der Waals surface area contributed by atoms with Gasteiger partial charge in [0.25, 0.3) is 0 Å². The van der Waals surface area contributed by atoms with Gasteiger partial charge in [0.05, 0.1) is 5.69 Å². The van der Waals surface area contributed by atoms with Gasteiger partial charge < -0.3 is 4.42 Å². The van der Waals surface area contributed by atoms with Crippen LogP contribution in [-0.2, 0) is 0 Å². The minimum atomic E-state index is -0.187. The monoisotopic (exact) mass is 397 g/mol. The Morgan fingerprint density at radius 1 is 0.833 bits per heavy atom. The van der Waals surface area contributed by atoms with E-state index in [0.717, 1.165) is 49.5 Å². The van der Waals surface area contributed by atoms with Gasteiger partial charge in [-0.25, -0.2) is 4.39 Å². The van der Waals surface area contributed by atoms with Gasteiger partial charge in [-0.15, -0.1) is 0 Å². The molecule has 150 valence electrons. The number of rotatable bonds is 3. The van der Waals surface area contributed by atoms with Crippen LogP contribution >= 0.6 is 0 Å². The molecule has 0 amide bonds. The summed E-state index contributed by atoms with van der Waals surface area (Å²) in [5.74, 6) is 0.283. The van der Waals surface area contributed by atoms with Gasteiger partial charge in [0, 0.05) is 27.9 Å². The molecule has 0 bridgehead atoms. The summed E-state index contributed by atoms with van der Waals surface area (Å²) in [6.45, 7) is 8.38. The molecule has 0 saturated carbocycles. The van der Waals surface area contributed by atoms with E-state index >= 15 is 0 Å². The maximum atomic E-state index is 14.9. The Balaban J connectivity index is 1.89. The number of hydrogen-bond acceptors (Lipinski definition) is 2. The molecule has 2 nitrogen and oxygen atoms in total. The molecule has 0 saturated heterocycles. The molecule has 0 unspecified atom stereocenters. The highest BCUT2D eigenvalue weighted by molar-refractivity contribution is 6.11. The summed E-state index contributed by atoms with van der Waals surface area (Å²) >= 11 is 0. The van der Waals surface area contributed by atoms with Crippen molar-refractivity contribution in [1.29, 1.82) is 0 Å². The molecule has 0 aliphatic carbocycles. The fourth-order valence-corrected chi connectivity index (χ4v) is 4.23. The molecular formula is C27H24FNO. The molecule has 5 rings (SSSR count). The maximum absolute atomic E-state index is 14.9. The van der Waals surface area contributed by atoms with Crippen molar-refractivity contribution in [2.75, 3.05) is 0 Å². The molecule has 5 aromatic rings. The molecule has 0 atom stereocenters. The minimum absolute atomic E-state index is 0.123. The Kier molecular flexibility index (Phi) is 4.35. The van der Waals surface area contributed by atoms with Gasteiger partial charge in [-0.05, 0) is 64.7 Å². The first-order valence-electron chi connectivity index (χ1n) is 10.5. The third-order valence-corrected chi connectivity index (χ3v) is 5.93. The second-order valence-corrected chi connectivity index (χ2v) is 8.61. The first-order chi connectivity index (χ1) is 14.4. The third kappa shape index (κ3) is 2.88. The van der Waals surface area contributed by atoms with Crippen LogP contribution in [0.15, 0.2) is 65.2 Å². The number of pyridine rings is 1. The van der Waals surface area contributed by atoms with Gasteiger partial charge in [-0.3, -0.25) is 4.98 Å². The molecule has 0 fully saturated rings. The van der Waals surface area contributed by atoms with Crippen LogP contribution in [-0.4, -0.2) is 4.98 Å². The topological polar surface area (TPSA) is 26.0 Å². The van der Waals surface area contributed by atoms with Crippen LogP contribution in [0.3, 0.4) is 0 Å². The highest BCUT2D eigenvalue weighted by Gasteiger charge is 2.19. The molecule has 0 N–H and O–H groups in total. The van der Waals surface area contributed by atoms with Crippen LogP contribution in [0, 0.1) is 5.82 Å². The van der Waals surface area contributed by atoms with Crippen molar-refractivity contribution in [3.63, 3.8) is 0 Å². The Labute approximate surface area is 175 Å². The normalized spacial score (nSPS) is 12.1. The van der Waals surface area contributed by atoms with Crippen LogP contribution in [0.2, 0.25) is 0 Å². The fourth-order valence-electron chi connectivity index (χ4n) is 4.23. The van der Waals surface area contributed by atoms with Gasteiger partial charge in [0.2, 0.25) is 0 Å². The first kappa shape index (κ1) is 18.8. The molecule has 30 heavy (non-hydrogen) atoms. The summed E-state index contributed by atoms with van der Waals surface area (Å²) in [7, 11) is 0. The number of para-hydroxylation sites is 1. The van der Waals surface area contributed by atoms with Crippen LogP contribution in [0.5, 0.6) is 0 Å². The first-order valence-corrected chi connectivity index (χ1v) is 10.5. The van der Waals surface area contributed by atoms with Crippen molar-refractivity contribution in [3.8, 4) is 11.3 Å². The van der Waals surface area contributed by atoms with E-state index in [1.54, 1.807) is 12.3 Å². The van der Waals surface area contributed by atoms with Crippen LogP contribution in [0.25, 0.3) is 44.0 Å². The van der Waals surface area contributed by atoms with E-state index in [2.05, 4.69) is 37.0 Å². The molecule has 0 aliphatic heterocycles. The summed E-state index contributed by atoms with van der Waals surface area (Å²) in [5, 5.41) is 3.96. The lowest BCUT2D eigenvalue weighted by Gasteiger charge is -2.13. The molecule has 0 radical (unpaired) electrons. The maximum Gasteiger partial charge on any atom is 0.144 e. The zero-order chi connectivity index (χ0) is 21.0. The fraction of sp³-hybridized carbons (Fsp3) is 0.222. The summed E-state index contributed by atoms with van der Waals surface area (Å²) in [6.07, 6.45) is 1.80. The van der Waals surface area contributed by atoms with Crippen LogP contribution in [0.4, 0.5) is 4.39 Å². The van der Waals surface area contributed by atoms with Gasteiger partial charge >= 0.3 is 0 Å². The Bertz CT molecular complexity index is 1410. The van der Waals surface area contributed by atoms with Crippen molar-refractivity contribution < 1.29 is 8.81 Å². The zero-order valence-electron chi connectivity index (χ0n) is 17.7. The van der Waals surface area contributed by atoms with E-state index in [1.165, 1.54) is 5.56 Å². The lowest BCUT2D eigenvalue weighted by atomic mass is 9.93. The molecule has 0 aliphatic rings. The second-order valence-electron chi connectivity index (χ2n) is 8.61. The number of benzene rings is 3. The number of halogens is 1. The smallest absolute Gasteiger partial charge is 0.144 e. The van der Waals surface area contributed by atoms with Crippen molar-refractivity contribution in [2.45, 2.75) is 39.5 Å². The Morgan fingerprint density at radius 3 is 2.40 bits per heavy atom. The molecular weight excluding hydrogens is 373 g/mol. The molecule has 3 heteroatoms.